The lowest BCUT2D eigenvalue weighted by atomic mass is 10.1. The second kappa shape index (κ2) is 5.44. The fraction of sp³-hybridized carbons (Fsp3) is 0.583. The van der Waals surface area contributed by atoms with Crippen LogP contribution in [0, 0.1) is 0 Å². The Morgan fingerprint density at radius 1 is 1.71 bits per heavy atom. The van der Waals surface area contributed by atoms with Gasteiger partial charge in [0.15, 0.2) is 0 Å². The molecule has 94 valence electrons. The molecular formula is C12H19N3O2. The van der Waals surface area contributed by atoms with E-state index in [1.54, 1.807) is 6.20 Å². The number of ether oxygens (including phenoxy) is 1. The SMILES string of the molecule is C[C@@H](N)c1ccnc(N2CCOC(CO)C2)c1. The molecule has 0 radical (unpaired) electrons. The van der Waals surface area contributed by atoms with Gasteiger partial charge in [0.25, 0.3) is 0 Å². The van der Waals surface area contributed by atoms with Crippen molar-refractivity contribution in [3.05, 3.63) is 23.9 Å². The molecule has 0 amide bonds. The molecule has 5 heteroatoms. The first-order chi connectivity index (χ1) is 8.20. The Kier molecular flexibility index (Phi) is 3.93. The summed E-state index contributed by atoms with van der Waals surface area (Å²) in [5.74, 6) is 0.904. The first-order valence-electron chi connectivity index (χ1n) is 5.89. The number of hydrogen-bond acceptors (Lipinski definition) is 5. The molecule has 0 aliphatic carbocycles. The van der Waals surface area contributed by atoms with Crippen molar-refractivity contribution in [1.82, 2.24) is 4.98 Å². The third-order valence-electron chi connectivity index (χ3n) is 2.96. The van der Waals surface area contributed by atoms with Gasteiger partial charge in [-0.05, 0) is 24.6 Å². The van der Waals surface area contributed by atoms with E-state index in [9.17, 15) is 0 Å². The number of nitrogens with two attached hydrogens (primary N) is 1. The number of anilines is 1. The quantitative estimate of drug-likeness (QED) is 0.791. The van der Waals surface area contributed by atoms with Crippen LogP contribution in [0.3, 0.4) is 0 Å². The maximum atomic E-state index is 9.11. The third-order valence-corrected chi connectivity index (χ3v) is 2.96. The number of aliphatic hydroxyl groups excluding tert-OH is 1. The summed E-state index contributed by atoms with van der Waals surface area (Å²) in [7, 11) is 0. The van der Waals surface area contributed by atoms with E-state index in [1.165, 1.54) is 0 Å². The molecule has 0 aromatic carbocycles. The largest absolute Gasteiger partial charge is 0.394 e. The molecule has 0 saturated carbocycles. The van der Waals surface area contributed by atoms with E-state index in [-0.39, 0.29) is 18.8 Å². The highest BCUT2D eigenvalue weighted by Crippen LogP contribution is 2.18. The van der Waals surface area contributed by atoms with Crippen LogP contribution < -0.4 is 10.6 Å². The molecule has 1 unspecified atom stereocenters. The van der Waals surface area contributed by atoms with Crippen molar-refractivity contribution in [2.24, 2.45) is 5.73 Å². The standard InChI is InChI=1S/C12H19N3O2/c1-9(13)10-2-3-14-12(6-10)15-4-5-17-11(7-15)8-16/h2-3,6,9,11,16H,4-5,7-8,13H2,1H3/t9-,11?/m1/s1. The average Bonchev–Trinajstić information content (AvgIpc) is 2.39. The van der Waals surface area contributed by atoms with E-state index >= 15 is 0 Å². The van der Waals surface area contributed by atoms with Crippen molar-refractivity contribution >= 4 is 5.82 Å². The molecule has 1 aromatic heterocycles. The molecule has 0 bridgehead atoms. The van der Waals surface area contributed by atoms with Gasteiger partial charge in [0, 0.05) is 25.3 Å². The maximum absolute atomic E-state index is 9.11. The molecule has 2 atom stereocenters. The molecule has 1 fully saturated rings. The van der Waals surface area contributed by atoms with Gasteiger partial charge < -0.3 is 20.5 Å². The van der Waals surface area contributed by atoms with Crippen LogP contribution in [0.1, 0.15) is 18.5 Å². The van der Waals surface area contributed by atoms with Gasteiger partial charge >= 0.3 is 0 Å². The highest BCUT2D eigenvalue weighted by molar-refractivity contribution is 5.42. The maximum Gasteiger partial charge on any atom is 0.128 e. The zero-order chi connectivity index (χ0) is 12.3. The Morgan fingerprint density at radius 2 is 2.53 bits per heavy atom. The van der Waals surface area contributed by atoms with Gasteiger partial charge in [0.05, 0.1) is 19.3 Å². The predicted octanol–water partition coefficient (Wildman–Crippen LogP) is 0.299. The smallest absolute Gasteiger partial charge is 0.128 e. The van der Waals surface area contributed by atoms with Crippen LogP contribution in [0.15, 0.2) is 18.3 Å². The van der Waals surface area contributed by atoms with E-state index < -0.39 is 0 Å². The van der Waals surface area contributed by atoms with Gasteiger partial charge in [-0.1, -0.05) is 0 Å². The summed E-state index contributed by atoms with van der Waals surface area (Å²) in [5.41, 5.74) is 6.93. The van der Waals surface area contributed by atoms with Gasteiger partial charge in [0.2, 0.25) is 0 Å². The Balaban J connectivity index is 2.13. The zero-order valence-electron chi connectivity index (χ0n) is 10.0. The zero-order valence-corrected chi connectivity index (χ0v) is 10.0. The number of aromatic nitrogens is 1. The molecule has 5 nitrogen and oxygen atoms in total. The molecule has 1 aliphatic rings. The Bertz CT molecular complexity index is 371. The van der Waals surface area contributed by atoms with Crippen LogP contribution in [0.25, 0.3) is 0 Å². The van der Waals surface area contributed by atoms with Crippen molar-refractivity contribution in [2.45, 2.75) is 19.1 Å². The van der Waals surface area contributed by atoms with Gasteiger partial charge in [0.1, 0.15) is 5.82 Å². The lowest BCUT2D eigenvalue weighted by molar-refractivity contribution is 0.00336. The third kappa shape index (κ3) is 2.94. The minimum absolute atomic E-state index is 0.00595. The fourth-order valence-electron chi connectivity index (χ4n) is 1.93. The van der Waals surface area contributed by atoms with Gasteiger partial charge in [-0.2, -0.15) is 0 Å². The Morgan fingerprint density at radius 3 is 3.24 bits per heavy atom. The fourth-order valence-corrected chi connectivity index (χ4v) is 1.93. The highest BCUT2D eigenvalue weighted by Gasteiger charge is 2.20. The van der Waals surface area contributed by atoms with Gasteiger partial charge in [-0.25, -0.2) is 4.98 Å². The molecule has 0 spiro atoms. The monoisotopic (exact) mass is 237 g/mol. The highest BCUT2D eigenvalue weighted by atomic mass is 16.5. The lowest BCUT2D eigenvalue weighted by Gasteiger charge is -2.33. The molecule has 1 saturated heterocycles. The van der Waals surface area contributed by atoms with E-state index in [0.29, 0.717) is 13.2 Å². The Hall–Kier alpha value is -1.17. The molecule has 1 aromatic rings. The second-order valence-electron chi connectivity index (χ2n) is 4.36. The number of morpholine rings is 1. The van der Waals surface area contributed by atoms with Crippen molar-refractivity contribution < 1.29 is 9.84 Å². The number of nitrogens with zero attached hydrogens (tertiary/aromatic N) is 2. The topological polar surface area (TPSA) is 71.6 Å². The number of pyridine rings is 1. The summed E-state index contributed by atoms with van der Waals surface area (Å²) in [6, 6.07) is 3.94. The van der Waals surface area contributed by atoms with Crippen molar-refractivity contribution in [3.8, 4) is 0 Å². The minimum atomic E-state index is -0.121. The van der Waals surface area contributed by atoms with Crippen molar-refractivity contribution in [1.29, 1.82) is 0 Å². The lowest BCUT2D eigenvalue weighted by Crippen LogP contribution is -2.44. The van der Waals surface area contributed by atoms with Crippen molar-refractivity contribution in [2.75, 3.05) is 31.2 Å². The first kappa shape index (κ1) is 12.3. The van der Waals surface area contributed by atoms with E-state index in [1.807, 2.05) is 19.1 Å². The molecule has 17 heavy (non-hydrogen) atoms. The molecule has 1 aliphatic heterocycles. The number of hydrogen-bond donors (Lipinski definition) is 2. The summed E-state index contributed by atoms with van der Waals surface area (Å²) in [6.07, 6.45) is 1.65. The molecule has 2 heterocycles. The van der Waals surface area contributed by atoms with Crippen molar-refractivity contribution in [3.63, 3.8) is 0 Å². The molecular weight excluding hydrogens is 218 g/mol. The summed E-state index contributed by atoms with van der Waals surface area (Å²) in [4.78, 5) is 6.47. The summed E-state index contributed by atoms with van der Waals surface area (Å²) < 4.78 is 5.41. The van der Waals surface area contributed by atoms with Gasteiger partial charge in [-0.3, -0.25) is 0 Å². The van der Waals surface area contributed by atoms with Crippen LogP contribution >= 0.6 is 0 Å². The van der Waals surface area contributed by atoms with Crippen LogP contribution in [-0.2, 0) is 4.74 Å². The minimum Gasteiger partial charge on any atom is -0.394 e. The summed E-state index contributed by atoms with van der Waals surface area (Å²) >= 11 is 0. The average molecular weight is 237 g/mol. The normalized spacial score (nSPS) is 22.5. The first-order valence-corrected chi connectivity index (χ1v) is 5.89. The number of rotatable bonds is 3. The van der Waals surface area contributed by atoms with Crippen LogP contribution in [0.2, 0.25) is 0 Å². The van der Waals surface area contributed by atoms with E-state index in [4.69, 9.17) is 15.6 Å². The predicted molar refractivity (Wildman–Crippen MR) is 65.9 cm³/mol. The van der Waals surface area contributed by atoms with Crippen LogP contribution in [0.5, 0.6) is 0 Å². The Labute approximate surface area is 101 Å². The van der Waals surface area contributed by atoms with Gasteiger partial charge in [-0.15, -0.1) is 0 Å². The van der Waals surface area contributed by atoms with Crippen LogP contribution in [0.4, 0.5) is 5.82 Å². The number of aliphatic hydroxyl groups is 1. The summed E-state index contributed by atoms with van der Waals surface area (Å²) in [5, 5.41) is 9.11. The van der Waals surface area contributed by atoms with Crippen LogP contribution in [-0.4, -0.2) is 42.5 Å². The molecule has 2 rings (SSSR count). The molecule has 3 N–H and O–H groups in total. The second-order valence-corrected chi connectivity index (χ2v) is 4.36. The van der Waals surface area contributed by atoms with E-state index in [2.05, 4.69) is 9.88 Å². The summed E-state index contributed by atoms with van der Waals surface area (Å²) in [6.45, 7) is 4.09. The van der Waals surface area contributed by atoms with E-state index in [0.717, 1.165) is 17.9 Å².